The first kappa shape index (κ1) is 20.6. The number of hydrogen-bond acceptors (Lipinski definition) is 3. The number of nitrogens with zero attached hydrogens (tertiary/aromatic N) is 2. The van der Waals surface area contributed by atoms with Crippen LogP contribution in [0.15, 0.2) is 42.5 Å². The van der Waals surface area contributed by atoms with E-state index in [9.17, 15) is 4.79 Å². The Kier molecular flexibility index (Phi) is 5.51. The minimum absolute atomic E-state index is 0.245. The van der Waals surface area contributed by atoms with E-state index in [2.05, 4.69) is 71.4 Å². The molecule has 1 N–H and O–H groups in total. The zero-order valence-electron chi connectivity index (χ0n) is 19.0. The molecule has 2 aliphatic heterocycles. The van der Waals surface area contributed by atoms with Crippen molar-refractivity contribution in [3.05, 3.63) is 59.2 Å². The molecule has 4 heteroatoms. The van der Waals surface area contributed by atoms with Gasteiger partial charge in [0.25, 0.3) is 0 Å². The first-order chi connectivity index (χ1) is 15.1. The Hall–Kier alpha value is -2.33. The zero-order chi connectivity index (χ0) is 21.4. The number of amides is 1. The number of aryl methyl sites for hydroxylation is 2. The highest BCUT2D eigenvalue weighted by Gasteiger charge is 2.48. The molecule has 2 atom stereocenters. The molecule has 0 bridgehead atoms. The highest BCUT2D eigenvalue weighted by molar-refractivity contribution is 6.07. The molecule has 0 spiro atoms. The number of rotatable bonds is 6. The number of nitrogens with one attached hydrogen (secondary N) is 1. The van der Waals surface area contributed by atoms with E-state index in [1.807, 2.05) is 0 Å². The third-order valence-corrected chi connectivity index (χ3v) is 7.73. The summed E-state index contributed by atoms with van der Waals surface area (Å²) in [6, 6.07) is 15.8. The van der Waals surface area contributed by atoms with Gasteiger partial charge < -0.3 is 10.2 Å². The van der Waals surface area contributed by atoms with Crippen LogP contribution in [-0.4, -0.2) is 43.0 Å². The van der Waals surface area contributed by atoms with Gasteiger partial charge >= 0.3 is 0 Å². The van der Waals surface area contributed by atoms with Gasteiger partial charge in [-0.2, -0.15) is 0 Å². The molecule has 1 saturated heterocycles. The Morgan fingerprint density at radius 1 is 1.13 bits per heavy atom. The molecule has 2 unspecified atom stereocenters. The van der Waals surface area contributed by atoms with Crippen LogP contribution in [0, 0.1) is 6.92 Å². The summed E-state index contributed by atoms with van der Waals surface area (Å²) in [5.74, 6) is 0.245. The molecule has 2 aromatic rings. The van der Waals surface area contributed by atoms with Crippen molar-refractivity contribution in [2.75, 3.05) is 36.4 Å². The average Bonchev–Trinajstić information content (AvgIpc) is 3.05. The lowest BCUT2D eigenvalue weighted by Crippen LogP contribution is -2.52. The van der Waals surface area contributed by atoms with E-state index in [0.717, 1.165) is 64.0 Å². The summed E-state index contributed by atoms with van der Waals surface area (Å²) < 4.78 is 0. The predicted molar refractivity (Wildman–Crippen MR) is 128 cm³/mol. The van der Waals surface area contributed by atoms with Crippen LogP contribution in [0.25, 0.3) is 0 Å². The Morgan fingerprint density at radius 3 is 2.84 bits per heavy atom. The van der Waals surface area contributed by atoms with Gasteiger partial charge in [0, 0.05) is 37.1 Å². The standard InChI is InChI=1S/C27H35N3O/c1-20-8-5-11-23(18-20)30-17-16-29(19-21(30)2)15-4-3-13-27-14-7-10-22-9-6-12-24(25(22)27)28-26(27)31/h5-6,8-9,11-12,18,21H,3-4,7,10,13-17,19H2,1-2H3,(H,28,31). The minimum Gasteiger partial charge on any atom is -0.366 e. The fraction of sp³-hybridized carbons (Fsp3) is 0.519. The fourth-order valence-corrected chi connectivity index (χ4v) is 6.20. The Morgan fingerprint density at radius 2 is 2.00 bits per heavy atom. The number of benzene rings is 2. The molecular formula is C27H35N3O. The maximum absolute atomic E-state index is 13.0. The normalized spacial score (nSPS) is 25.4. The summed E-state index contributed by atoms with van der Waals surface area (Å²) in [6.07, 6.45) is 6.53. The van der Waals surface area contributed by atoms with E-state index in [1.54, 1.807) is 0 Å². The van der Waals surface area contributed by atoms with Gasteiger partial charge in [-0.05, 0) is 87.4 Å². The molecule has 3 aliphatic rings. The second kappa shape index (κ2) is 8.31. The van der Waals surface area contributed by atoms with Gasteiger partial charge in [0.2, 0.25) is 5.91 Å². The van der Waals surface area contributed by atoms with Crippen LogP contribution in [-0.2, 0) is 16.6 Å². The Labute approximate surface area is 186 Å². The molecule has 4 nitrogen and oxygen atoms in total. The van der Waals surface area contributed by atoms with Gasteiger partial charge in [-0.3, -0.25) is 9.69 Å². The van der Waals surface area contributed by atoms with Crippen molar-refractivity contribution in [3.63, 3.8) is 0 Å². The summed E-state index contributed by atoms with van der Waals surface area (Å²) in [6.45, 7) is 8.98. The number of anilines is 2. The van der Waals surface area contributed by atoms with Gasteiger partial charge in [0.05, 0.1) is 5.41 Å². The topological polar surface area (TPSA) is 35.6 Å². The first-order valence-electron chi connectivity index (χ1n) is 12.1. The fourth-order valence-electron chi connectivity index (χ4n) is 6.20. The van der Waals surface area contributed by atoms with Crippen LogP contribution in [0.5, 0.6) is 0 Å². The lowest BCUT2D eigenvalue weighted by atomic mass is 9.68. The SMILES string of the molecule is Cc1cccc(N2CCN(CCCCC34CCCc5cccc(c53)NC4=O)CC2C)c1. The summed E-state index contributed by atoms with van der Waals surface area (Å²) in [4.78, 5) is 18.1. The van der Waals surface area contributed by atoms with Crippen LogP contribution >= 0.6 is 0 Å². The predicted octanol–water partition coefficient (Wildman–Crippen LogP) is 4.90. The third-order valence-electron chi connectivity index (χ3n) is 7.73. The second-order valence-corrected chi connectivity index (χ2v) is 9.87. The molecule has 1 amide bonds. The van der Waals surface area contributed by atoms with Crippen molar-refractivity contribution in [1.82, 2.24) is 4.90 Å². The van der Waals surface area contributed by atoms with Crippen molar-refractivity contribution in [1.29, 1.82) is 0 Å². The van der Waals surface area contributed by atoms with Crippen LogP contribution in [0.4, 0.5) is 11.4 Å². The highest BCUT2D eigenvalue weighted by atomic mass is 16.2. The van der Waals surface area contributed by atoms with Crippen LogP contribution in [0.1, 0.15) is 55.7 Å². The molecular weight excluding hydrogens is 382 g/mol. The molecule has 164 valence electrons. The zero-order valence-corrected chi connectivity index (χ0v) is 19.0. The number of carbonyl (C=O) groups excluding carboxylic acids is 1. The highest BCUT2D eigenvalue weighted by Crippen LogP contribution is 2.49. The molecule has 2 aromatic carbocycles. The third kappa shape index (κ3) is 3.76. The quantitative estimate of drug-likeness (QED) is 0.679. The van der Waals surface area contributed by atoms with Crippen LogP contribution in [0.3, 0.4) is 0 Å². The number of unbranched alkanes of at least 4 members (excludes halogenated alkanes) is 1. The smallest absolute Gasteiger partial charge is 0.235 e. The van der Waals surface area contributed by atoms with Gasteiger partial charge in [0.1, 0.15) is 0 Å². The van der Waals surface area contributed by atoms with Crippen molar-refractivity contribution < 1.29 is 4.79 Å². The van der Waals surface area contributed by atoms with E-state index in [-0.39, 0.29) is 11.3 Å². The maximum atomic E-state index is 13.0. The summed E-state index contributed by atoms with van der Waals surface area (Å²) in [5, 5.41) is 3.19. The molecule has 0 saturated carbocycles. The molecule has 1 fully saturated rings. The lowest BCUT2D eigenvalue weighted by Gasteiger charge is -2.41. The maximum Gasteiger partial charge on any atom is 0.235 e. The summed E-state index contributed by atoms with van der Waals surface area (Å²) in [5.41, 5.74) is 6.21. The van der Waals surface area contributed by atoms with Gasteiger partial charge in [-0.15, -0.1) is 0 Å². The molecule has 1 aliphatic carbocycles. The van der Waals surface area contributed by atoms with Crippen LogP contribution in [0.2, 0.25) is 0 Å². The number of piperazine rings is 1. The monoisotopic (exact) mass is 417 g/mol. The van der Waals surface area contributed by atoms with Gasteiger partial charge in [0.15, 0.2) is 0 Å². The van der Waals surface area contributed by atoms with E-state index < -0.39 is 0 Å². The molecule has 0 radical (unpaired) electrons. The largest absolute Gasteiger partial charge is 0.366 e. The summed E-state index contributed by atoms with van der Waals surface area (Å²) in [7, 11) is 0. The second-order valence-electron chi connectivity index (χ2n) is 9.87. The van der Waals surface area contributed by atoms with E-state index >= 15 is 0 Å². The van der Waals surface area contributed by atoms with Crippen LogP contribution < -0.4 is 10.2 Å². The van der Waals surface area contributed by atoms with Gasteiger partial charge in [-0.25, -0.2) is 0 Å². The van der Waals surface area contributed by atoms with E-state index in [0.29, 0.717) is 6.04 Å². The van der Waals surface area contributed by atoms with E-state index in [1.165, 1.54) is 28.8 Å². The van der Waals surface area contributed by atoms with Crippen molar-refractivity contribution in [2.45, 2.75) is 63.8 Å². The number of carbonyl (C=O) groups is 1. The first-order valence-corrected chi connectivity index (χ1v) is 12.1. The van der Waals surface area contributed by atoms with Crippen molar-refractivity contribution in [3.8, 4) is 0 Å². The summed E-state index contributed by atoms with van der Waals surface area (Å²) >= 11 is 0. The average molecular weight is 418 g/mol. The van der Waals surface area contributed by atoms with Crippen molar-refractivity contribution >= 4 is 17.3 Å². The van der Waals surface area contributed by atoms with E-state index in [4.69, 9.17) is 0 Å². The van der Waals surface area contributed by atoms with Crippen molar-refractivity contribution in [2.24, 2.45) is 0 Å². The molecule has 2 heterocycles. The Balaban J connectivity index is 1.16. The molecule has 0 aromatic heterocycles. The Bertz CT molecular complexity index is 971. The minimum atomic E-state index is -0.263. The molecule has 31 heavy (non-hydrogen) atoms. The molecule has 5 rings (SSSR count). The number of hydrogen-bond donors (Lipinski definition) is 1. The van der Waals surface area contributed by atoms with Gasteiger partial charge in [-0.1, -0.05) is 30.7 Å². The lowest BCUT2D eigenvalue weighted by molar-refractivity contribution is -0.121.